The summed E-state index contributed by atoms with van der Waals surface area (Å²) in [4.78, 5) is 13.0. The number of benzene rings is 1. The van der Waals surface area contributed by atoms with Crippen molar-refractivity contribution in [3.05, 3.63) is 65.7 Å². The van der Waals surface area contributed by atoms with Crippen molar-refractivity contribution in [2.24, 2.45) is 11.5 Å². The molecule has 0 saturated heterocycles. The Balaban J connectivity index is 0.000000357. The Morgan fingerprint density at radius 1 is 1.11 bits per heavy atom. The Labute approximate surface area is 104 Å². The molecule has 5 heteroatoms. The molecule has 18 heavy (non-hydrogen) atoms. The second kappa shape index (κ2) is 7.01. The van der Waals surface area contributed by atoms with Crippen LogP contribution in [0.3, 0.4) is 0 Å². The van der Waals surface area contributed by atoms with Crippen LogP contribution in [-0.4, -0.2) is 11.0 Å². The first-order valence-electron chi connectivity index (χ1n) is 5.26. The molecule has 1 aromatic heterocycles. The summed E-state index contributed by atoms with van der Waals surface area (Å²) < 4.78 is 12.6. The third kappa shape index (κ3) is 5.60. The largest absolute Gasteiger partial charge is 0.352 e. The molecule has 4 nitrogen and oxygen atoms in total. The van der Waals surface area contributed by atoms with Crippen LogP contribution in [-0.2, 0) is 6.42 Å². The molecule has 4 N–H and O–H groups in total. The van der Waals surface area contributed by atoms with Gasteiger partial charge in [-0.1, -0.05) is 18.2 Å². The molecule has 1 heterocycles. The minimum Gasteiger partial charge on any atom is -0.352 e. The van der Waals surface area contributed by atoms with E-state index >= 15 is 0 Å². The lowest BCUT2D eigenvalue weighted by molar-refractivity contribution is 0.256. The summed E-state index contributed by atoms with van der Waals surface area (Å²) in [5.41, 5.74) is 10.7. The van der Waals surface area contributed by atoms with E-state index in [4.69, 9.17) is 4.79 Å². The monoisotopic (exact) mass is 247 g/mol. The zero-order valence-electron chi connectivity index (χ0n) is 9.71. The van der Waals surface area contributed by atoms with E-state index in [0.717, 1.165) is 17.5 Å². The summed E-state index contributed by atoms with van der Waals surface area (Å²) in [7, 11) is 0. The van der Waals surface area contributed by atoms with E-state index in [1.807, 2.05) is 18.3 Å². The van der Waals surface area contributed by atoms with Gasteiger partial charge in [0, 0.05) is 12.4 Å². The molecule has 0 aliphatic heterocycles. The van der Waals surface area contributed by atoms with Crippen LogP contribution in [0.4, 0.5) is 9.18 Å². The summed E-state index contributed by atoms with van der Waals surface area (Å²) >= 11 is 0. The SMILES string of the molecule is Fc1ccc(Cc2cccnc2)cc1.NC(N)=O. The molecule has 2 amide bonds. The summed E-state index contributed by atoms with van der Waals surface area (Å²) in [6, 6.07) is 9.62. The fourth-order valence-corrected chi connectivity index (χ4v) is 1.34. The second-order valence-electron chi connectivity index (χ2n) is 3.57. The lowest BCUT2D eigenvalue weighted by Gasteiger charge is -2.00. The number of rotatable bonds is 2. The van der Waals surface area contributed by atoms with Gasteiger partial charge in [0.15, 0.2) is 0 Å². The van der Waals surface area contributed by atoms with Crippen molar-refractivity contribution in [1.82, 2.24) is 4.98 Å². The Morgan fingerprint density at radius 3 is 2.22 bits per heavy atom. The highest BCUT2D eigenvalue weighted by Gasteiger charge is 1.95. The van der Waals surface area contributed by atoms with E-state index in [0.29, 0.717) is 0 Å². The van der Waals surface area contributed by atoms with Crippen molar-refractivity contribution in [1.29, 1.82) is 0 Å². The maximum Gasteiger partial charge on any atom is 0.309 e. The maximum atomic E-state index is 12.6. The quantitative estimate of drug-likeness (QED) is 0.848. The molecule has 94 valence electrons. The molecule has 0 unspecified atom stereocenters. The first-order valence-corrected chi connectivity index (χ1v) is 5.26. The van der Waals surface area contributed by atoms with Crippen LogP contribution in [0.1, 0.15) is 11.1 Å². The number of nitrogens with zero attached hydrogens (tertiary/aromatic N) is 1. The van der Waals surface area contributed by atoms with Crippen LogP contribution in [0.5, 0.6) is 0 Å². The summed E-state index contributed by atoms with van der Waals surface area (Å²) in [6.45, 7) is 0. The highest BCUT2D eigenvalue weighted by molar-refractivity contribution is 5.69. The number of hydrogen-bond donors (Lipinski definition) is 2. The van der Waals surface area contributed by atoms with Crippen molar-refractivity contribution in [3.8, 4) is 0 Å². The molecule has 0 radical (unpaired) electrons. The number of primary amides is 2. The number of aromatic nitrogens is 1. The van der Waals surface area contributed by atoms with Gasteiger partial charge in [-0.3, -0.25) is 4.98 Å². The third-order valence-corrected chi connectivity index (χ3v) is 2.04. The van der Waals surface area contributed by atoms with Crippen molar-refractivity contribution in [3.63, 3.8) is 0 Å². The van der Waals surface area contributed by atoms with Crippen LogP contribution < -0.4 is 11.5 Å². The number of carbonyl (C=O) groups is 1. The van der Waals surface area contributed by atoms with Crippen molar-refractivity contribution in [2.45, 2.75) is 6.42 Å². The van der Waals surface area contributed by atoms with E-state index in [9.17, 15) is 4.39 Å². The number of hydrogen-bond acceptors (Lipinski definition) is 2. The standard InChI is InChI=1S/C12H10FN.CH4N2O/c13-12-5-3-10(4-6-12)8-11-2-1-7-14-9-11;2-1(3)4/h1-7,9H,8H2;(H4,2,3,4). The van der Waals surface area contributed by atoms with E-state index in [1.165, 1.54) is 12.1 Å². The lowest BCUT2D eigenvalue weighted by atomic mass is 10.1. The van der Waals surface area contributed by atoms with Gasteiger partial charge in [-0.15, -0.1) is 0 Å². The topological polar surface area (TPSA) is 82.0 Å². The van der Waals surface area contributed by atoms with E-state index < -0.39 is 6.03 Å². The number of carbonyl (C=O) groups excluding carboxylic acids is 1. The number of urea groups is 1. The Hall–Kier alpha value is -2.43. The van der Waals surface area contributed by atoms with Gasteiger partial charge in [0.2, 0.25) is 0 Å². The molecule has 0 fully saturated rings. The number of halogens is 1. The molecule has 0 aliphatic carbocycles. The molecule has 0 saturated carbocycles. The summed E-state index contributed by atoms with van der Waals surface area (Å²) in [5, 5.41) is 0. The fourth-order valence-electron chi connectivity index (χ4n) is 1.34. The normalized spacial score (nSPS) is 9.17. The van der Waals surface area contributed by atoms with Gasteiger partial charge in [-0.2, -0.15) is 0 Å². The molecule has 1 aromatic carbocycles. The predicted octanol–water partition coefficient (Wildman–Crippen LogP) is 1.84. The van der Waals surface area contributed by atoms with Crippen LogP contribution in [0.2, 0.25) is 0 Å². The minimum absolute atomic E-state index is 0.195. The van der Waals surface area contributed by atoms with Gasteiger partial charge in [-0.25, -0.2) is 9.18 Å². The van der Waals surface area contributed by atoms with Crippen molar-refractivity contribution >= 4 is 6.03 Å². The molecule has 0 spiro atoms. The first kappa shape index (κ1) is 13.6. The van der Waals surface area contributed by atoms with Gasteiger partial charge < -0.3 is 11.5 Å². The molecular weight excluding hydrogens is 233 g/mol. The summed E-state index contributed by atoms with van der Waals surface area (Å²) in [5.74, 6) is -0.195. The van der Waals surface area contributed by atoms with Gasteiger partial charge in [0.25, 0.3) is 0 Å². The van der Waals surface area contributed by atoms with Crippen LogP contribution in [0.25, 0.3) is 0 Å². The second-order valence-corrected chi connectivity index (χ2v) is 3.57. The van der Waals surface area contributed by atoms with E-state index in [2.05, 4.69) is 16.5 Å². The molecule has 0 aliphatic rings. The number of amides is 2. The van der Waals surface area contributed by atoms with Crippen LogP contribution in [0, 0.1) is 5.82 Å². The predicted molar refractivity (Wildman–Crippen MR) is 67.2 cm³/mol. The number of pyridine rings is 1. The van der Waals surface area contributed by atoms with Gasteiger partial charge in [0.1, 0.15) is 5.82 Å². The smallest absolute Gasteiger partial charge is 0.309 e. The molecule has 0 atom stereocenters. The fraction of sp³-hybridized carbons (Fsp3) is 0.0769. The average Bonchev–Trinajstić information content (AvgIpc) is 2.33. The van der Waals surface area contributed by atoms with Crippen molar-refractivity contribution < 1.29 is 9.18 Å². The Morgan fingerprint density at radius 2 is 1.72 bits per heavy atom. The molecular formula is C13H14FN3O. The third-order valence-electron chi connectivity index (χ3n) is 2.04. The minimum atomic E-state index is -0.833. The first-order chi connectivity index (χ1) is 8.58. The highest BCUT2D eigenvalue weighted by atomic mass is 19.1. The molecule has 2 rings (SSSR count). The number of nitrogens with two attached hydrogens (primary N) is 2. The van der Waals surface area contributed by atoms with Gasteiger partial charge >= 0.3 is 6.03 Å². The lowest BCUT2D eigenvalue weighted by Crippen LogP contribution is -2.18. The van der Waals surface area contributed by atoms with Gasteiger partial charge in [-0.05, 0) is 35.7 Å². The summed E-state index contributed by atoms with van der Waals surface area (Å²) in [6.07, 6.45) is 4.37. The van der Waals surface area contributed by atoms with Crippen molar-refractivity contribution in [2.75, 3.05) is 0 Å². The zero-order chi connectivity index (χ0) is 13.4. The van der Waals surface area contributed by atoms with Crippen LogP contribution >= 0.6 is 0 Å². The van der Waals surface area contributed by atoms with Gasteiger partial charge in [0.05, 0.1) is 0 Å². The zero-order valence-corrected chi connectivity index (χ0v) is 9.71. The van der Waals surface area contributed by atoms with E-state index in [-0.39, 0.29) is 5.82 Å². The Kier molecular flexibility index (Phi) is 5.31. The molecule has 0 bridgehead atoms. The molecule has 2 aromatic rings. The average molecular weight is 247 g/mol. The Bertz CT molecular complexity index is 481. The maximum absolute atomic E-state index is 12.6. The highest BCUT2D eigenvalue weighted by Crippen LogP contribution is 2.08. The van der Waals surface area contributed by atoms with Crippen LogP contribution in [0.15, 0.2) is 48.8 Å². The van der Waals surface area contributed by atoms with E-state index in [1.54, 1.807) is 18.3 Å².